The highest BCUT2D eigenvalue weighted by molar-refractivity contribution is 4.54. The molecule has 0 saturated heterocycles. The van der Waals surface area contributed by atoms with Crippen molar-refractivity contribution in [1.29, 1.82) is 0 Å². The van der Waals surface area contributed by atoms with E-state index in [1.807, 2.05) is 0 Å². The number of rotatable bonds is 15. The maximum atomic E-state index is 4.97. The lowest BCUT2D eigenvalue weighted by Crippen LogP contribution is -1.97. The van der Waals surface area contributed by atoms with Gasteiger partial charge in [0.2, 0.25) is 0 Å². The van der Waals surface area contributed by atoms with Gasteiger partial charge in [-0.2, -0.15) is 0 Å². The van der Waals surface area contributed by atoms with Crippen molar-refractivity contribution >= 4 is 0 Å². The summed E-state index contributed by atoms with van der Waals surface area (Å²) in [5.41, 5.74) is 0. The van der Waals surface area contributed by atoms with Crippen LogP contribution in [0.5, 0.6) is 0 Å². The van der Waals surface area contributed by atoms with Crippen LogP contribution >= 0.6 is 0 Å². The van der Waals surface area contributed by atoms with Crippen molar-refractivity contribution < 1.29 is 19.6 Å². The largest absolute Gasteiger partial charge is 0.236 e. The van der Waals surface area contributed by atoms with Crippen molar-refractivity contribution in [1.82, 2.24) is 0 Å². The molecule has 0 spiro atoms. The third-order valence-electron chi connectivity index (χ3n) is 2.34. The lowest BCUT2D eigenvalue weighted by molar-refractivity contribution is -0.276. The Morgan fingerprint density at radius 1 is 0.667 bits per heavy atom. The standard InChI is InChI=1S/C14H28O4/c1-3-5-7-11-15-17-13-9-10-14-18-16-12-8-6-4-2/h13-14H,3-12H2,1-2H3. The first-order valence-electron chi connectivity index (χ1n) is 7.11. The van der Waals surface area contributed by atoms with Crippen LogP contribution < -0.4 is 0 Å². The normalized spacial score (nSPS) is 11.0. The second-order valence-electron chi connectivity index (χ2n) is 4.16. The highest BCUT2D eigenvalue weighted by atomic mass is 17.2. The molecule has 0 aromatic heterocycles. The summed E-state index contributed by atoms with van der Waals surface area (Å²) in [6.45, 7) is 8.92. The zero-order valence-electron chi connectivity index (χ0n) is 11.9. The van der Waals surface area contributed by atoms with Crippen molar-refractivity contribution in [2.24, 2.45) is 0 Å². The molecule has 0 aromatic rings. The van der Waals surface area contributed by atoms with Gasteiger partial charge in [-0.3, -0.25) is 0 Å². The molecule has 0 heterocycles. The fourth-order valence-electron chi connectivity index (χ4n) is 1.25. The molecule has 4 nitrogen and oxygen atoms in total. The Kier molecular flexibility index (Phi) is 16.7. The molecule has 0 amide bonds. The summed E-state index contributed by atoms with van der Waals surface area (Å²) in [5, 5.41) is 0. The van der Waals surface area contributed by atoms with Gasteiger partial charge in [-0.25, -0.2) is 19.6 Å². The molecule has 0 aromatic carbocycles. The first-order valence-corrected chi connectivity index (χ1v) is 7.11. The lowest BCUT2D eigenvalue weighted by atomic mass is 10.3. The van der Waals surface area contributed by atoms with Crippen molar-refractivity contribution in [2.45, 2.75) is 65.2 Å². The van der Waals surface area contributed by atoms with Gasteiger partial charge in [0, 0.05) is 0 Å². The van der Waals surface area contributed by atoms with Crippen LogP contribution in [0.25, 0.3) is 0 Å². The average Bonchev–Trinajstić information content (AvgIpc) is 2.39. The minimum Gasteiger partial charge on any atom is -0.236 e. The topological polar surface area (TPSA) is 36.9 Å². The van der Waals surface area contributed by atoms with Crippen LogP contribution in [0.4, 0.5) is 0 Å². The molecule has 0 saturated carbocycles. The van der Waals surface area contributed by atoms with Crippen LogP contribution in [0.1, 0.15) is 65.2 Å². The third kappa shape index (κ3) is 15.8. The van der Waals surface area contributed by atoms with Crippen molar-refractivity contribution in [3.63, 3.8) is 0 Å². The molecule has 4 heteroatoms. The van der Waals surface area contributed by atoms with Gasteiger partial charge < -0.3 is 0 Å². The molecule has 108 valence electrons. The molecule has 2 radical (unpaired) electrons. The van der Waals surface area contributed by atoms with E-state index in [1.165, 1.54) is 25.7 Å². The molecule has 0 atom stereocenters. The van der Waals surface area contributed by atoms with E-state index in [2.05, 4.69) is 13.8 Å². The fourth-order valence-corrected chi connectivity index (χ4v) is 1.25. The first-order chi connectivity index (χ1) is 8.91. The summed E-state index contributed by atoms with van der Waals surface area (Å²) in [6, 6.07) is 0. The number of hydrogen-bond acceptors (Lipinski definition) is 4. The van der Waals surface area contributed by atoms with Crippen LogP contribution in [0.15, 0.2) is 0 Å². The summed E-state index contributed by atoms with van der Waals surface area (Å²) in [7, 11) is 0. The second-order valence-corrected chi connectivity index (χ2v) is 4.16. The Labute approximate surface area is 112 Å². The van der Waals surface area contributed by atoms with E-state index >= 15 is 0 Å². The van der Waals surface area contributed by atoms with E-state index in [9.17, 15) is 0 Å². The fraction of sp³-hybridized carbons (Fsp3) is 0.857. The second kappa shape index (κ2) is 16.8. The Bertz CT molecular complexity index is 126. The molecule has 0 aliphatic rings. The SMILES string of the molecule is CCCCCOO[CH]CC[CH]OOCCCCC. The van der Waals surface area contributed by atoms with Crippen LogP contribution in [-0.4, -0.2) is 13.2 Å². The Morgan fingerprint density at radius 3 is 1.50 bits per heavy atom. The molecule has 0 aliphatic heterocycles. The zero-order chi connectivity index (χ0) is 13.3. The lowest BCUT2D eigenvalue weighted by Gasteiger charge is -2.04. The van der Waals surface area contributed by atoms with Gasteiger partial charge in [0.25, 0.3) is 0 Å². The smallest absolute Gasteiger partial charge is 0.122 e. The van der Waals surface area contributed by atoms with Crippen molar-refractivity contribution in [3.05, 3.63) is 13.2 Å². The van der Waals surface area contributed by atoms with E-state index in [0.29, 0.717) is 13.2 Å². The minimum atomic E-state index is 0.658. The van der Waals surface area contributed by atoms with Crippen LogP contribution in [-0.2, 0) is 19.6 Å². The molecule has 0 fully saturated rings. The highest BCUT2D eigenvalue weighted by Gasteiger charge is 1.94. The third-order valence-corrected chi connectivity index (χ3v) is 2.34. The van der Waals surface area contributed by atoms with E-state index in [1.54, 1.807) is 13.2 Å². The Balaban J connectivity index is 2.86. The summed E-state index contributed by atoms with van der Waals surface area (Å²) < 4.78 is 0. The zero-order valence-corrected chi connectivity index (χ0v) is 11.9. The van der Waals surface area contributed by atoms with E-state index in [4.69, 9.17) is 19.6 Å². The van der Waals surface area contributed by atoms with Crippen LogP contribution in [0.3, 0.4) is 0 Å². The maximum Gasteiger partial charge on any atom is 0.122 e. The summed E-state index contributed by atoms with van der Waals surface area (Å²) in [5.74, 6) is 0. The first kappa shape index (κ1) is 17.8. The summed E-state index contributed by atoms with van der Waals surface area (Å²) in [4.78, 5) is 19.7. The molecular formula is C14H28O4. The van der Waals surface area contributed by atoms with Gasteiger partial charge >= 0.3 is 0 Å². The van der Waals surface area contributed by atoms with Gasteiger partial charge in [-0.15, -0.1) is 0 Å². The van der Waals surface area contributed by atoms with Gasteiger partial charge in [0.05, 0.1) is 13.2 Å². The Morgan fingerprint density at radius 2 is 1.11 bits per heavy atom. The highest BCUT2D eigenvalue weighted by Crippen LogP contribution is 2.03. The maximum absolute atomic E-state index is 4.97. The molecule has 0 aliphatic carbocycles. The molecular weight excluding hydrogens is 232 g/mol. The van der Waals surface area contributed by atoms with Gasteiger partial charge in [0.15, 0.2) is 0 Å². The van der Waals surface area contributed by atoms with E-state index in [-0.39, 0.29) is 0 Å². The Hall–Kier alpha value is -0.160. The summed E-state index contributed by atoms with van der Waals surface area (Å²) in [6.07, 6.45) is 8.35. The average molecular weight is 260 g/mol. The quantitative estimate of drug-likeness (QED) is 0.249. The van der Waals surface area contributed by atoms with E-state index in [0.717, 1.165) is 25.7 Å². The van der Waals surface area contributed by atoms with Gasteiger partial charge in [-0.1, -0.05) is 39.5 Å². The molecule has 0 bridgehead atoms. The monoisotopic (exact) mass is 260 g/mol. The van der Waals surface area contributed by atoms with Crippen LogP contribution in [0, 0.1) is 13.2 Å². The van der Waals surface area contributed by atoms with Gasteiger partial charge in [-0.05, 0) is 25.7 Å². The summed E-state index contributed by atoms with van der Waals surface area (Å²) >= 11 is 0. The van der Waals surface area contributed by atoms with Crippen LogP contribution in [0.2, 0.25) is 0 Å². The van der Waals surface area contributed by atoms with Gasteiger partial charge in [0.1, 0.15) is 13.2 Å². The van der Waals surface area contributed by atoms with Crippen molar-refractivity contribution in [3.8, 4) is 0 Å². The number of unbranched alkanes of at least 4 members (excludes halogenated alkanes) is 5. The molecule has 18 heavy (non-hydrogen) atoms. The number of hydrogen-bond donors (Lipinski definition) is 0. The molecule has 0 rings (SSSR count). The predicted octanol–water partition coefficient (Wildman–Crippen LogP) is 4.37. The van der Waals surface area contributed by atoms with Crippen molar-refractivity contribution in [2.75, 3.05) is 13.2 Å². The predicted molar refractivity (Wildman–Crippen MR) is 71.0 cm³/mol. The minimum absolute atomic E-state index is 0.658. The van der Waals surface area contributed by atoms with E-state index < -0.39 is 0 Å². The molecule has 0 unspecified atom stereocenters. The molecule has 0 N–H and O–H groups in total.